The number of nitrogens with one attached hydrogen (secondary N) is 1. The van der Waals surface area contributed by atoms with Crippen molar-refractivity contribution in [3.05, 3.63) is 64.5 Å². The zero-order valence-electron chi connectivity index (χ0n) is 16.9. The molecule has 0 bridgehead atoms. The van der Waals surface area contributed by atoms with Gasteiger partial charge in [0.2, 0.25) is 10.0 Å². The van der Waals surface area contributed by atoms with Crippen molar-refractivity contribution in [1.29, 1.82) is 0 Å². The molecular weight excluding hydrogens is 454 g/mol. The van der Waals surface area contributed by atoms with Gasteiger partial charge in [0, 0.05) is 34.6 Å². The average Bonchev–Trinajstić information content (AvgIpc) is 3.46. The molecule has 1 N–H and O–H groups in total. The van der Waals surface area contributed by atoms with E-state index in [0.717, 1.165) is 36.9 Å². The van der Waals surface area contributed by atoms with Crippen molar-refractivity contribution in [2.24, 2.45) is 0 Å². The van der Waals surface area contributed by atoms with Crippen LogP contribution in [0.25, 0.3) is 11.3 Å². The van der Waals surface area contributed by atoms with Crippen LogP contribution in [0.2, 0.25) is 5.02 Å². The van der Waals surface area contributed by atoms with Gasteiger partial charge in [0.05, 0.1) is 10.6 Å². The van der Waals surface area contributed by atoms with E-state index < -0.39 is 10.0 Å². The van der Waals surface area contributed by atoms with E-state index in [2.05, 4.69) is 10.3 Å². The molecule has 1 saturated carbocycles. The minimum atomic E-state index is -3.57. The van der Waals surface area contributed by atoms with E-state index in [1.807, 2.05) is 17.5 Å². The van der Waals surface area contributed by atoms with E-state index in [1.165, 1.54) is 39.9 Å². The summed E-state index contributed by atoms with van der Waals surface area (Å²) in [7, 11) is -1.94. The highest BCUT2D eigenvalue weighted by Gasteiger charge is 2.30. The molecule has 2 aromatic carbocycles. The first-order valence-corrected chi connectivity index (χ1v) is 12.7. The summed E-state index contributed by atoms with van der Waals surface area (Å²) in [5, 5.41) is 5.73. The number of nitrogens with zero attached hydrogens (tertiary/aromatic N) is 2. The number of hydrogen-bond donors (Lipinski definition) is 1. The van der Waals surface area contributed by atoms with Gasteiger partial charge < -0.3 is 0 Å². The Kier molecular flexibility index (Phi) is 6.43. The van der Waals surface area contributed by atoms with E-state index in [0.29, 0.717) is 15.7 Å². The van der Waals surface area contributed by atoms with Gasteiger partial charge in [0.15, 0.2) is 5.13 Å². The van der Waals surface area contributed by atoms with Gasteiger partial charge >= 0.3 is 0 Å². The Balaban J connectivity index is 1.44. The number of benzene rings is 2. The zero-order chi connectivity index (χ0) is 22.0. The minimum absolute atomic E-state index is 0.0488. The Morgan fingerprint density at radius 2 is 1.74 bits per heavy atom. The molecule has 1 aliphatic rings. The topological polar surface area (TPSA) is 79.4 Å². The second kappa shape index (κ2) is 9.08. The molecule has 0 spiro atoms. The van der Waals surface area contributed by atoms with E-state index in [-0.39, 0.29) is 16.8 Å². The van der Waals surface area contributed by atoms with Crippen LogP contribution in [0.15, 0.2) is 58.8 Å². The van der Waals surface area contributed by atoms with Crippen molar-refractivity contribution < 1.29 is 13.2 Å². The zero-order valence-corrected chi connectivity index (χ0v) is 19.3. The predicted molar refractivity (Wildman–Crippen MR) is 124 cm³/mol. The molecule has 1 aliphatic carbocycles. The smallest absolute Gasteiger partial charge is 0.257 e. The second-order valence-electron chi connectivity index (χ2n) is 7.48. The van der Waals surface area contributed by atoms with E-state index in [4.69, 9.17) is 11.6 Å². The number of thiazole rings is 1. The number of anilines is 1. The van der Waals surface area contributed by atoms with Crippen LogP contribution in [0.1, 0.15) is 36.0 Å². The predicted octanol–water partition coefficient (Wildman–Crippen LogP) is 5.28. The SMILES string of the molecule is CN(C1CCCC1)S(=O)(=O)c1ccc(C(=O)Nc2nc(-c3ccc(Cl)cc3)cs2)cc1. The van der Waals surface area contributed by atoms with Crippen molar-refractivity contribution in [3.63, 3.8) is 0 Å². The summed E-state index contributed by atoms with van der Waals surface area (Å²) in [6, 6.07) is 13.4. The van der Waals surface area contributed by atoms with Crippen LogP contribution in [-0.2, 0) is 10.0 Å². The number of carbonyl (C=O) groups is 1. The fourth-order valence-corrected chi connectivity index (χ4v) is 5.92. The van der Waals surface area contributed by atoms with Crippen LogP contribution in [0, 0.1) is 0 Å². The van der Waals surface area contributed by atoms with Gasteiger partial charge in [-0.05, 0) is 49.2 Å². The molecule has 6 nitrogen and oxygen atoms in total. The van der Waals surface area contributed by atoms with Gasteiger partial charge in [-0.2, -0.15) is 4.31 Å². The largest absolute Gasteiger partial charge is 0.298 e. The quantitative estimate of drug-likeness (QED) is 0.526. The molecule has 1 heterocycles. The van der Waals surface area contributed by atoms with Crippen molar-refractivity contribution in [2.45, 2.75) is 36.6 Å². The first kappa shape index (κ1) is 22.0. The summed E-state index contributed by atoms with van der Waals surface area (Å²) < 4.78 is 27.2. The highest BCUT2D eigenvalue weighted by atomic mass is 35.5. The Hall–Kier alpha value is -2.26. The normalized spacial score (nSPS) is 14.8. The Labute approximate surface area is 190 Å². The molecule has 1 fully saturated rings. The molecule has 0 saturated heterocycles. The molecule has 1 amide bonds. The van der Waals surface area contributed by atoms with Crippen LogP contribution >= 0.6 is 22.9 Å². The summed E-state index contributed by atoms with van der Waals surface area (Å²) in [5.41, 5.74) is 2.01. The van der Waals surface area contributed by atoms with Gasteiger partial charge in [-0.3, -0.25) is 10.1 Å². The van der Waals surface area contributed by atoms with Gasteiger partial charge in [-0.15, -0.1) is 11.3 Å². The van der Waals surface area contributed by atoms with Crippen LogP contribution in [-0.4, -0.2) is 36.7 Å². The van der Waals surface area contributed by atoms with Crippen LogP contribution in [0.3, 0.4) is 0 Å². The van der Waals surface area contributed by atoms with Crippen molar-refractivity contribution in [1.82, 2.24) is 9.29 Å². The molecule has 162 valence electrons. The van der Waals surface area contributed by atoms with Crippen molar-refractivity contribution in [3.8, 4) is 11.3 Å². The lowest BCUT2D eigenvalue weighted by Gasteiger charge is -2.23. The first-order valence-electron chi connectivity index (χ1n) is 9.95. The molecule has 0 aliphatic heterocycles. The minimum Gasteiger partial charge on any atom is -0.298 e. The first-order chi connectivity index (χ1) is 14.8. The summed E-state index contributed by atoms with van der Waals surface area (Å²) in [6.45, 7) is 0. The van der Waals surface area contributed by atoms with E-state index in [9.17, 15) is 13.2 Å². The number of halogens is 1. The monoisotopic (exact) mass is 475 g/mol. The maximum absolute atomic E-state index is 12.9. The molecule has 0 unspecified atom stereocenters. The lowest BCUT2D eigenvalue weighted by Crippen LogP contribution is -2.35. The fraction of sp³-hybridized carbons (Fsp3) is 0.273. The number of rotatable bonds is 6. The highest BCUT2D eigenvalue weighted by molar-refractivity contribution is 7.89. The summed E-state index contributed by atoms with van der Waals surface area (Å²) in [5.74, 6) is -0.342. The van der Waals surface area contributed by atoms with E-state index >= 15 is 0 Å². The standard InChI is InChI=1S/C22H22ClN3O3S2/c1-26(18-4-2-3-5-18)31(28,29)19-12-8-16(9-13-19)21(27)25-22-24-20(14-30-22)15-6-10-17(23)11-7-15/h6-14,18H,2-5H2,1H3,(H,24,25,27). The second-order valence-corrected chi connectivity index (χ2v) is 10.8. The summed E-state index contributed by atoms with van der Waals surface area (Å²) >= 11 is 7.23. The Morgan fingerprint density at radius 3 is 2.39 bits per heavy atom. The molecule has 4 rings (SSSR count). The van der Waals surface area contributed by atoms with Crippen LogP contribution in [0.5, 0.6) is 0 Å². The lowest BCUT2D eigenvalue weighted by molar-refractivity contribution is 0.102. The molecular formula is C22H22ClN3O3S2. The molecule has 3 aromatic rings. The third-order valence-electron chi connectivity index (χ3n) is 5.50. The third-order valence-corrected chi connectivity index (χ3v) is 8.43. The summed E-state index contributed by atoms with van der Waals surface area (Å²) in [4.78, 5) is 17.2. The number of amides is 1. The van der Waals surface area contributed by atoms with E-state index in [1.54, 1.807) is 19.2 Å². The Bertz CT molecular complexity index is 1170. The molecule has 31 heavy (non-hydrogen) atoms. The molecule has 0 radical (unpaired) electrons. The van der Waals surface area contributed by atoms with Gasteiger partial charge in [-0.25, -0.2) is 13.4 Å². The summed E-state index contributed by atoms with van der Waals surface area (Å²) in [6.07, 6.45) is 3.89. The molecule has 1 aromatic heterocycles. The Morgan fingerprint density at radius 1 is 1.10 bits per heavy atom. The van der Waals surface area contributed by atoms with Crippen molar-refractivity contribution >= 4 is 44.0 Å². The number of aromatic nitrogens is 1. The lowest BCUT2D eigenvalue weighted by atomic mass is 10.2. The number of carbonyl (C=O) groups excluding carboxylic acids is 1. The number of hydrogen-bond acceptors (Lipinski definition) is 5. The maximum atomic E-state index is 12.9. The van der Waals surface area contributed by atoms with Crippen LogP contribution < -0.4 is 5.32 Å². The van der Waals surface area contributed by atoms with Crippen LogP contribution in [0.4, 0.5) is 5.13 Å². The number of sulfonamides is 1. The van der Waals surface area contributed by atoms with Gasteiger partial charge in [-0.1, -0.05) is 36.6 Å². The van der Waals surface area contributed by atoms with Gasteiger partial charge in [0.25, 0.3) is 5.91 Å². The highest BCUT2D eigenvalue weighted by Crippen LogP contribution is 2.28. The third kappa shape index (κ3) is 4.82. The average molecular weight is 476 g/mol. The van der Waals surface area contributed by atoms with Gasteiger partial charge in [0.1, 0.15) is 0 Å². The molecule has 0 atom stereocenters. The fourth-order valence-electron chi connectivity index (χ4n) is 3.66. The molecule has 9 heteroatoms. The van der Waals surface area contributed by atoms with Crippen molar-refractivity contribution in [2.75, 3.05) is 12.4 Å². The maximum Gasteiger partial charge on any atom is 0.257 e.